The van der Waals surface area contributed by atoms with Crippen molar-refractivity contribution < 1.29 is 19.1 Å². The van der Waals surface area contributed by atoms with Crippen molar-refractivity contribution in [1.29, 1.82) is 0 Å². The van der Waals surface area contributed by atoms with Gasteiger partial charge in [-0.25, -0.2) is 0 Å². The Morgan fingerprint density at radius 1 is 0.439 bits per heavy atom. The summed E-state index contributed by atoms with van der Waals surface area (Å²) in [6, 6.07) is 0. The standard InChI is InChI=1S/C51H100N2O4/c1-43(2)32-34-48(45(5)6)41-56-50(54)30-24-18-14-10-12-16-21-27-47(29-23-20-26-36-53-39-37-52(9)38-40-53)28-22-17-13-11-15-19-25-31-51(55)57-42-49(46(7)8)35-33-44(3)4/h43-49H,10-42H2,1-9H3. The Hall–Kier alpha value is -1.14. The Bertz CT molecular complexity index is 870. The first-order chi connectivity index (χ1) is 27.4. The summed E-state index contributed by atoms with van der Waals surface area (Å²) >= 11 is 0. The molecule has 57 heavy (non-hydrogen) atoms. The molecule has 0 radical (unpaired) electrons. The van der Waals surface area contributed by atoms with E-state index in [9.17, 15) is 9.59 Å². The van der Waals surface area contributed by atoms with Gasteiger partial charge < -0.3 is 19.3 Å². The maximum absolute atomic E-state index is 12.4. The van der Waals surface area contributed by atoms with E-state index in [1.54, 1.807) is 0 Å². The molecule has 0 aromatic heterocycles. The second kappa shape index (κ2) is 35.6. The van der Waals surface area contributed by atoms with Crippen LogP contribution in [0.15, 0.2) is 0 Å². The molecule has 0 aliphatic carbocycles. The third-order valence-corrected chi connectivity index (χ3v) is 13.2. The molecule has 1 rings (SSSR count). The lowest BCUT2D eigenvalue weighted by atomic mass is 9.89. The van der Waals surface area contributed by atoms with Gasteiger partial charge >= 0.3 is 11.9 Å². The lowest BCUT2D eigenvalue weighted by Crippen LogP contribution is -2.44. The molecule has 1 aliphatic heterocycles. The number of nitrogens with zero attached hydrogens (tertiary/aromatic N) is 2. The highest BCUT2D eigenvalue weighted by Crippen LogP contribution is 2.26. The molecule has 2 atom stereocenters. The van der Waals surface area contributed by atoms with E-state index < -0.39 is 0 Å². The van der Waals surface area contributed by atoms with Crippen molar-refractivity contribution in [1.82, 2.24) is 9.80 Å². The van der Waals surface area contributed by atoms with Crippen molar-refractivity contribution in [2.75, 3.05) is 53.0 Å². The van der Waals surface area contributed by atoms with Crippen LogP contribution < -0.4 is 0 Å². The van der Waals surface area contributed by atoms with Crippen LogP contribution in [0, 0.1) is 41.4 Å². The van der Waals surface area contributed by atoms with E-state index in [1.165, 1.54) is 148 Å². The number of carbonyl (C=O) groups excluding carboxylic acids is 2. The van der Waals surface area contributed by atoms with Gasteiger partial charge in [0.25, 0.3) is 0 Å². The van der Waals surface area contributed by atoms with Crippen molar-refractivity contribution in [3.8, 4) is 0 Å². The molecule has 1 fully saturated rings. The van der Waals surface area contributed by atoms with Gasteiger partial charge in [0.1, 0.15) is 0 Å². The molecule has 0 N–H and O–H groups in total. The van der Waals surface area contributed by atoms with E-state index in [2.05, 4.69) is 72.2 Å². The van der Waals surface area contributed by atoms with Crippen molar-refractivity contribution >= 4 is 11.9 Å². The van der Waals surface area contributed by atoms with Gasteiger partial charge in [0.15, 0.2) is 0 Å². The molecule has 1 aliphatic rings. The first kappa shape index (κ1) is 53.9. The van der Waals surface area contributed by atoms with Crippen LogP contribution in [0.2, 0.25) is 0 Å². The molecule has 0 aromatic rings. The zero-order chi connectivity index (χ0) is 42.1. The second-order valence-electron chi connectivity index (χ2n) is 20.2. The van der Waals surface area contributed by atoms with Crippen LogP contribution in [-0.2, 0) is 19.1 Å². The van der Waals surface area contributed by atoms with Gasteiger partial charge in [-0.2, -0.15) is 0 Å². The SMILES string of the molecule is CC(C)CCC(COC(=O)CCCCCCCCCC(CCCCCCCCCC(=O)OCC(CCC(C)C)C(C)C)CCCCCN1CCN(C)CC1)C(C)C. The minimum absolute atomic E-state index is 0.00694. The fourth-order valence-electron chi connectivity index (χ4n) is 8.48. The second-order valence-corrected chi connectivity index (χ2v) is 20.2. The number of ether oxygens (including phenoxy) is 2. The summed E-state index contributed by atoms with van der Waals surface area (Å²) in [5.41, 5.74) is 0. The molecule has 0 bridgehead atoms. The van der Waals surface area contributed by atoms with E-state index in [0.29, 0.717) is 61.6 Å². The smallest absolute Gasteiger partial charge is 0.305 e. The molecule has 6 heteroatoms. The zero-order valence-electron chi connectivity index (χ0n) is 39.9. The van der Waals surface area contributed by atoms with E-state index in [-0.39, 0.29) is 11.9 Å². The van der Waals surface area contributed by atoms with Crippen molar-refractivity contribution in [2.24, 2.45) is 41.4 Å². The largest absolute Gasteiger partial charge is 0.465 e. The number of esters is 2. The topological polar surface area (TPSA) is 59.1 Å². The fourth-order valence-corrected chi connectivity index (χ4v) is 8.48. The van der Waals surface area contributed by atoms with Crippen LogP contribution >= 0.6 is 0 Å². The summed E-state index contributed by atoms with van der Waals surface area (Å²) in [4.78, 5) is 29.9. The average Bonchev–Trinajstić information content (AvgIpc) is 3.16. The summed E-state index contributed by atoms with van der Waals surface area (Å²) in [5, 5.41) is 0. The van der Waals surface area contributed by atoms with Gasteiger partial charge in [-0.1, -0.05) is 177 Å². The van der Waals surface area contributed by atoms with Gasteiger partial charge in [0.05, 0.1) is 13.2 Å². The van der Waals surface area contributed by atoms with E-state index >= 15 is 0 Å². The molecule has 1 saturated heterocycles. The van der Waals surface area contributed by atoms with Crippen LogP contribution in [0.25, 0.3) is 0 Å². The molecule has 0 aromatic carbocycles. The van der Waals surface area contributed by atoms with Crippen LogP contribution in [-0.4, -0.2) is 74.7 Å². The summed E-state index contributed by atoms with van der Waals surface area (Å²) in [5.74, 6) is 4.42. The quantitative estimate of drug-likeness (QED) is 0.0458. The average molecular weight is 805 g/mol. The Balaban J connectivity index is 2.23. The number of carbonyl (C=O) groups is 2. The highest BCUT2D eigenvalue weighted by molar-refractivity contribution is 5.69. The van der Waals surface area contributed by atoms with E-state index in [1.807, 2.05) is 0 Å². The molecule has 0 saturated carbocycles. The highest BCUT2D eigenvalue weighted by Gasteiger charge is 2.18. The van der Waals surface area contributed by atoms with Gasteiger partial charge in [-0.15, -0.1) is 0 Å². The predicted molar refractivity (Wildman–Crippen MR) is 246 cm³/mol. The number of likely N-dealkylation sites (N-methyl/N-ethyl adjacent to an activating group) is 1. The van der Waals surface area contributed by atoms with Crippen LogP contribution in [0.3, 0.4) is 0 Å². The molecule has 338 valence electrons. The highest BCUT2D eigenvalue weighted by atomic mass is 16.5. The molecular weight excluding hydrogens is 705 g/mol. The van der Waals surface area contributed by atoms with Gasteiger partial charge in [-0.05, 0) is 87.1 Å². The lowest BCUT2D eigenvalue weighted by Gasteiger charge is -2.32. The Morgan fingerprint density at radius 3 is 1.16 bits per heavy atom. The first-order valence-corrected chi connectivity index (χ1v) is 25.1. The fraction of sp³-hybridized carbons (Fsp3) is 0.961. The number of hydrogen-bond acceptors (Lipinski definition) is 6. The lowest BCUT2D eigenvalue weighted by molar-refractivity contribution is -0.146. The number of unbranched alkanes of at least 4 members (excludes halogenated alkanes) is 14. The Labute approximate surface area is 356 Å². The monoisotopic (exact) mass is 805 g/mol. The third kappa shape index (κ3) is 32.3. The van der Waals surface area contributed by atoms with Crippen molar-refractivity contribution in [2.45, 2.75) is 222 Å². The maximum atomic E-state index is 12.4. The zero-order valence-corrected chi connectivity index (χ0v) is 39.9. The summed E-state index contributed by atoms with van der Waals surface area (Å²) < 4.78 is 11.4. The normalized spacial score (nSPS) is 15.9. The van der Waals surface area contributed by atoms with Crippen LogP contribution in [0.5, 0.6) is 0 Å². The van der Waals surface area contributed by atoms with E-state index in [0.717, 1.165) is 44.4 Å². The summed E-state index contributed by atoms with van der Waals surface area (Å²) in [6.45, 7) is 25.5. The molecule has 0 spiro atoms. The Morgan fingerprint density at radius 2 is 0.789 bits per heavy atom. The minimum Gasteiger partial charge on any atom is -0.465 e. The van der Waals surface area contributed by atoms with Crippen molar-refractivity contribution in [3.05, 3.63) is 0 Å². The number of piperazine rings is 1. The first-order valence-electron chi connectivity index (χ1n) is 25.1. The number of hydrogen-bond donors (Lipinski definition) is 0. The summed E-state index contributed by atoms with van der Waals surface area (Å²) in [7, 11) is 2.25. The van der Waals surface area contributed by atoms with Crippen LogP contribution in [0.1, 0.15) is 222 Å². The predicted octanol–water partition coefficient (Wildman–Crippen LogP) is 13.9. The Kier molecular flexibility index (Phi) is 33.7. The van der Waals surface area contributed by atoms with Gasteiger partial charge in [-0.3, -0.25) is 9.59 Å². The van der Waals surface area contributed by atoms with Crippen molar-refractivity contribution in [3.63, 3.8) is 0 Å². The molecular formula is C51H100N2O4. The third-order valence-electron chi connectivity index (χ3n) is 13.2. The number of rotatable bonds is 38. The maximum Gasteiger partial charge on any atom is 0.305 e. The van der Waals surface area contributed by atoms with E-state index in [4.69, 9.17) is 9.47 Å². The molecule has 1 heterocycles. The molecule has 2 unspecified atom stereocenters. The minimum atomic E-state index is 0.00694. The molecule has 0 amide bonds. The molecule has 6 nitrogen and oxygen atoms in total. The van der Waals surface area contributed by atoms with Gasteiger partial charge in [0.2, 0.25) is 0 Å². The van der Waals surface area contributed by atoms with Gasteiger partial charge in [0, 0.05) is 39.0 Å². The summed E-state index contributed by atoms with van der Waals surface area (Å²) in [6.07, 6.45) is 31.8. The van der Waals surface area contributed by atoms with Crippen LogP contribution in [0.4, 0.5) is 0 Å².